The normalized spacial score (nSPS) is 22.8. The molecule has 1 aliphatic heterocycles. The van der Waals surface area contributed by atoms with Crippen molar-refractivity contribution in [2.75, 3.05) is 6.61 Å². The summed E-state index contributed by atoms with van der Waals surface area (Å²) >= 11 is 3.29. The van der Waals surface area contributed by atoms with Gasteiger partial charge in [0.1, 0.15) is 5.56 Å². The second-order valence-electron chi connectivity index (χ2n) is 2.58. The molecule has 1 unspecified atom stereocenters. The molecule has 1 aliphatic rings. The Morgan fingerprint density at radius 3 is 3.42 bits per heavy atom. The zero-order chi connectivity index (χ0) is 8.55. The molecule has 64 valence electrons. The summed E-state index contributed by atoms with van der Waals surface area (Å²) in [5.74, 6) is 0.526. The van der Waals surface area contributed by atoms with E-state index in [1.54, 1.807) is 0 Å². The van der Waals surface area contributed by atoms with E-state index < -0.39 is 0 Å². The molecule has 1 atom stereocenters. The zero-order valence-electron chi connectivity index (χ0n) is 6.21. The highest BCUT2D eigenvalue weighted by Crippen LogP contribution is 2.24. The Hall–Kier alpha value is -0.840. The fraction of sp³-hybridized carbons (Fsp3) is 0.429. The van der Waals surface area contributed by atoms with Crippen LogP contribution in [0.5, 0.6) is 5.88 Å². The first-order valence-corrected chi connectivity index (χ1v) is 4.55. The van der Waals surface area contributed by atoms with E-state index in [0.29, 0.717) is 24.5 Å². The van der Waals surface area contributed by atoms with Crippen molar-refractivity contribution in [2.24, 2.45) is 0 Å². The van der Waals surface area contributed by atoms with Gasteiger partial charge in [-0.15, -0.1) is 0 Å². The highest BCUT2D eigenvalue weighted by atomic mass is 79.9. The molecule has 1 aromatic rings. The van der Waals surface area contributed by atoms with Crippen LogP contribution in [0.25, 0.3) is 0 Å². The predicted molar refractivity (Wildman–Crippen MR) is 45.7 cm³/mol. The van der Waals surface area contributed by atoms with Crippen molar-refractivity contribution in [3.63, 3.8) is 0 Å². The number of rotatable bonds is 0. The topological polar surface area (TPSA) is 55.0 Å². The summed E-state index contributed by atoms with van der Waals surface area (Å²) in [4.78, 5) is 11.4. The second-order valence-corrected chi connectivity index (χ2v) is 3.69. The molecule has 1 N–H and O–H groups in total. The van der Waals surface area contributed by atoms with Gasteiger partial charge in [0.05, 0.1) is 17.6 Å². The van der Waals surface area contributed by atoms with Crippen molar-refractivity contribution in [1.29, 1.82) is 0 Å². The maximum Gasteiger partial charge on any atom is 0.220 e. The maximum atomic E-state index is 11.5. The minimum atomic E-state index is -0.142. The van der Waals surface area contributed by atoms with Crippen LogP contribution in [-0.4, -0.2) is 27.4 Å². The Balaban J connectivity index is 2.41. The minimum Gasteiger partial charge on any atom is -0.477 e. The number of nitrogens with one attached hydrogen (secondary N) is 1. The third-order valence-corrected chi connectivity index (χ3v) is 2.65. The lowest BCUT2D eigenvalue weighted by atomic mass is 10.1. The van der Waals surface area contributed by atoms with Gasteiger partial charge in [0.25, 0.3) is 0 Å². The molecule has 0 bridgehead atoms. The number of nitrogens with zero attached hydrogens (tertiary/aromatic N) is 1. The molecule has 2 rings (SSSR count). The van der Waals surface area contributed by atoms with Gasteiger partial charge in [0.2, 0.25) is 5.88 Å². The number of alkyl halides is 1. The zero-order valence-corrected chi connectivity index (χ0v) is 7.80. The minimum absolute atomic E-state index is 0.0382. The van der Waals surface area contributed by atoms with Crippen molar-refractivity contribution in [1.82, 2.24) is 10.2 Å². The molecule has 2 heterocycles. The Morgan fingerprint density at radius 1 is 1.75 bits per heavy atom. The molecule has 5 heteroatoms. The van der Waals surface area contributed by atoms with Crippen LogP contribution >= 0.6 is 15.9 Å². The Kier molecular flexibility index (Phi) is 1.88. The van der Waals surface area contributed by atoms with E-state index in [0.717, 1.165) is 0 Å². The number of carbonyl (C=O) groups is 1. The highest BCUT2D eigenvalue weighted by Gasteiger charge is 2.25. The lowest BCUT2D eigenvalue weighted by molar-refractivity contribution is 0.0991. The molecule has 0 spiro atoms. The Labute approximate surface area is 77.4 Å². The van der Waals surface area contributed by atoms with Gasteiger partial charge in [-0.25, -0.2) is 5.10 Å². The summed E-state index contributed by atoms with van der Waals surface area (Å²) in [6.45, 7) is 0.539. The third-order valence-electron chi connectivity index (χ3n) is 1.77. The van der Waals surface area contributed by atoms with Crippen LogP contribution in [0.15, 0.2) is 6.20 Å². The summed E-state index contributed by atoms with van der Waals surface area (Å²) in [5, 5.41) is 6.37. The monoisotopic (exact) mass is 230 g/mol. The average Bonchev–Trinajstić information content (AvgIpc) is 2.46. The second kappa shape index (κ2) is 2.90. The van der Waals surface area contributed by atoms with Crippen molar-refractivity contribution >= 4 is 21.7 Å². The summed E-state index contributed by atoms with van der Waals surface area (Å²) < 4.78 is 5.26. The predicted octanol–water partition coefficient (Wildman–Crippen LogP) is 1.14. The molecule has 0 saturated heterocycles. The van der Waals surface area contributed by atoms with E-state index in [1.165, 1.54) is 6.20 Å². The van der Waals surface area contributed by atoms with Gasteiger partial charge in [-0.2, -0.15) is 5.10 Å². The van der Waals surface area contributed by atoms with Crippen LogP contribution < -0.4 is 4.74 Å². The smallest absolute Gasteiger partial charge is 0.220 e. The molecule has 0 aliphatic carbocycles. The molecule has 4 nitrogen and oxygen atoms in total. The van der Waals surface area contributed by atoms with E-state index in [-0.39, 0.29) is 10.6 Å². The lowest BCUT2D eigenvalue weighted by Crippen LogP contribution is -2.12. The number of aromatic amines is 1. The number of fused-ring (bicyclic) bond motifs is 1. The molecule has 0 amide bonds. The molecular weight excluding hydrogens is 224 g/mol. The Bertz CT molecular complexity index is 310. The lowest BCUT2D eigenvalue weighted by Gasteiger charge is -1.99. The molecule has 0 fully saturated rings. The molecule has 0 radical (unpaired) electrons. The average molecular weight is 231 g/mol. The van der Waals surface area contributed by atoms with Crippen LogP contribution in [-0.2, 0) is 0 Å². The number of ketones is 1. The first kappa shape index (κ1) is 7.79. The van der Waals surface area contributed by atoms with Gasteiger partial charge in [-0.1, -0.05) is 15.9 Å². The highest BCUT2D eigenvalue weighted by molar-refractivity contribution is 9.10. The molecule has 0 aromatic carbocycles. The standard InChI is InChI=1S/C7H7BrN2O2/c8-5-1-2-12-7-4(6(5)11)3-9-10-7/h3,5H,1-2H2,(H,9,10). The summed E-state index contributed by atoms with van der Waals surface area (Å²) in [5.41, 5.74) is 0.536. The van der Waals surface area contributed by atoms with Crippen molar-refractivity contribution in [3.05, 3.63) is 11.8 Å². The van der Waals surface area contributed by atoms with Crippen LogP contribution in [0.3, 0.4) is 0 Å². The van der Waals surface area contributed by atoms with Crippen LogP contribution in [0.4, 0.5) is 0 Å². The van der Waals surface area contributed by atoms with Gasteiger partial charge in [-0.3, -0.25) is 4.79 Å². The SMILES string of the molecule is O=C1c2cn[nH]c2OCCC1Br. The summed E-state index contributed by atoms with van der Waals surface area (Å²) in [7, 11) is 0. The van der Waals surface area contributed by atoms with Gasteiger partial charge in [-0.05, 0) is 0 Å². The number of carbonyl (C=O) groups excluding carboxylic acids is 1. The van der Waals surface area contributed by atoms with E-state index >= 15 is 0 Å². The number of hydrogen-bond donors (Lipinski definition) is 1. The van der Waals surface area contributed by atoms with E-state index in [1.807, 2.05) is 0 Å². The third kappa shape index (κ3) is 1.14. The van der Waals surface area contributed by atoms with Crippen LogP contribution in [0, 0.1) is 0 Å². The Morgan fingerprint density at radius 2 is 2.58 bits per heavy atom. The first-order valence-electron chi connectivity index (χ1n) is 3.63. The van der Waals surface area contributed by atoms with E-state index in [4.69, 9.17) is 4.74 Å². The number of hydrogen-bond acceptors (Lipinski definition) is 3. The summed E-state index contributed by atoms with van der Waals surface area (Å²) in [6.07, 6.45) is 2.19. The van der Waals surface area contributed by atoms with Gasteiger partial charge in [0, 0.05) is 6.42 Å². The molecule has 0 saturated carbocycles. The van der Waals surface area contributed by atoms with Crippen molar-refractivity contribution in [2.45, 2.75) is 11.2 Å². The number of ether oxygens (including phenoxy) is 1. The molecule has 1 aromatic heterocycles. The number of Topliss-reactive ketones (excluding diaryl/α,β-unsaturated/α-hetero) is 1. The van der Waals surface area contributed by atoms with E-state index in [9.17, 15) is 4.79 Å². The molecular formula is C7H7BrN2O2. The fourth-order valence-corrected chi connectivity index (χ4v) is 1.56. The van der Waals surface area contributed by atoms with E-state index in [2.05, 4.69) is 26.1 Å². The number of H-pyrrole nitrogens is 1. The largest absolute Gasteiger partial charge is 0.477 e. The number of aromatic nitrogens is 2. The maximum absolute atomic E-state index is 11.5. The van der Waals surface area contributed by atoms with Gasteiger partial charge < -0.3 is 4.74 Å². The van der Waals surface area contributed by atoms with Gasteiger partial charge >= 0.3 is 0 Å². The summed E-state index contributed by atoms with van der Waals surface area (Å²) in [6, 6.07) is 0. The van der Waals surface area contributed by atoms with Crippen LogP contribution in [0.1, 0.15) is 16.8 Å². The van der Waals surface area contributed by atoms with Crippen molar-refractivity contribution < 1.29 is 9.53 Å². The van der Waals surface area contributed by atoms with Crippen LogP contribution in [0.2, 0.25) is 0 Å². The molecule has 12 heavy (non-hydrogen) atoms. The van der Waals surface area contributed by atoms with Gasteiger partial charge in [0.15, 0.2) is 5.78 Å². The van der Waals surface area contributed by atoms with Crippen molar-refractivity contribution in [3.8, 4) is 5.88 Å². The first-order chi connectivity index (χ1) is 5.79. The number of halogens is 1. The fourth-order valence-electron chi connectivity index (χ4n) is 1.12. The quantitative estimate of drug-likeness (QED) is 0.681.